The Hall–Kier alpha value is -0.875. The van der Waals surface area contributed by atoms with E-state index in [0.717, 1.165) is 0 Å². The molecule has 0 spiro atoms. The largest absolute Gasteiger partial charge is 0.485 e. The molecule has 0 saturated heterocycles. The Bertz CT molecular complexity index is 513. The molecule has 20 heavy (non-hydrogen) atoms. The van der Waals surface area contributed by atoms with Crippen molar-refractivity contribution in [1.82, 2.24) is 5.32 Å². The van der Waals surface area contributed by atoms with E-state index in [9.17, 15) is 17.7 Å². The monoisotopic (exact) mass is 286 g/mol. The predicted molar refractivity (Wildman–Crippen MR) is 64.8 cm³/mol. The van der Waals surface area contributed by atoms with E-state index in [1.165, 1.54) is 0 Å². The Balaban J connectivity index is 1.34. The van der Waals surface area contributed by atoms with E-state index in [4.69, 9.17) is 4.74 Å². The molecule has 6 rings (SSSR count). The summed E-state index contributed by atoms with van der Waals surface area (Å²) < 4.78 is 44.9. The molecule has 0 aromatic rings. The van der Waals surface area contributed by atoms with E-state index in [1.807, 2.05) is 0 Å². The van der Waals surface area contributed by atoms with Gasteiger partial charge in [-0.15, -0.1) is 0 Å². The van der Waals surface area contributed by atoms with Gasteiger partial charge in [-0.25, -0.2) is 4.79 Å². The molecule has 0 heterocycles. The summed E-state index contributed by atoms with van der Waals surface area (Å²) in [6, 6.07) is 0. The molecular weight excluding hydrogens is 270 g/mol. The highest BCUT2D eigenvalue weighted by Crippen LogP contribution is 3.11. The van der Waals surface area contributed by atoms with Crippen LogP contribution < -0.4 is 5.32 Å². The maximum Gasteiger partial charge on any atom is 0.485 e. The van der Waals surface area contributed by atoms with Crippen molar-refractivity contribution in [3.05, 3.63) is 0 Å². The second-order valence-electron chi connectivity index (χ2n) is 8.29. The third kappa shape index (κ3) is 0.730. The highest BCUT2D eigenvalue weighted by molar-refractivity contribution is 6.64. The van der Waals surface area contributed by atoms with Crippen molar-refractivity contribution in [2.24, 2.45) is 35.5 Å². The van der Waals surface area contributed by atoms with E-state index < -0.39 is 24.0 Å². The summed E-state index contributed by atoms with van der Waals surface area (Å²) in [5.74, 6) is -0.303. The number of carbonyl (C=O) groups is 1. The van der Waals surface area contributed by atoms with Crippen molar-refractivity contribution in [3.63, 3.8) is 0 Å². The summed E-state index contributed by atoms with van der Waals surface area (Å²) in [6.07, 6.45) is -0.472. The van der Waals surface area contributed by atoms with Crippen LogP contribution in [-0.2, 0) is 4.74 Å². The van der Waals surface area contributed by atoms with Gasteiger partial charge in [-0.2, -0.15) is 0 Å². The molecule has 1 N–H and O–H groups in total. The molecule has 7 heteroatoms. The van der Waals surface area contributed by atoms with E-state index in [-0.39, 0.29) is 41.0 Å². The molecule has 1 amide bonds. The van der Waals surface area contributed by atoms with Crippen LogP contribution in [0.15, 0.2) is 0 Å². The fourth-order valence-corrected chi connectivity index (χ4v) is 7.00. The molecule has 0 radical (unpaired) electrons. The van der Waals surface area contributed by atoms with Gasteiger partial charge in [-0.3, -0.25) is 0 Å². The van der Waals surface area contributed by atoms with Crippen molar-refractivity contribution in [2.75, 3.05) is 0 Å². The van der Waals surface area contributed by atoms with E-state index in [0.29, 0.717) is 0 Å². The van der Waals surface area contributed by atoms with Gasteiger partial charge in [-0.05, 0) is 56.3 Å². The SMILES string of the molecule is CC(C)(C)OC(=O)NC12C3C4C1C1C2C3C41[B-](F)(F)F. The average molecular weight is 286 g/mol. The molecule has 6 fully saturated rings. The molecule has 110 valence electrons. The molecule has 0 aromatic carbocycles. The van der Waals surface area contributed by atoms with Crippen LogP contribution in [0.5, 0.6) is 0 Å². The zero-order valence-corrected chi connectivity index (χ0v) is 11.5. The fraction of sp³-hybridized carbons (Fsp3) is 0.923. The molecular formula is C13H16BF3NO2-. The second kappa shape index (κ2) is 2.50. The maximum absolute atomic E-state index is 13.2. The lowest BCUT2D eigenvalue weighted by molar-refractivity contribution is -0.573. The van der Waals surface area contributed by atoms with Crippen LogP contribution >= 0.6 is 0 Å². The predicted octanol–water partition coefficient (Wildman–Crippen LogP) is 2.60. The molecule has 6 aliphatic carbocycles. The Labute approximate surface area is 114 Å². The number of amides is 1. The molecule has 0 aromatic heterocycles. The molecule has 0 aliphatic heterocycles. The zero-order chi connectivity index (χ0) is 14.5. The number of nitrogens with one attached hydrogen (secondary N) is 1. The van der Waals surface area contributed by atoms with Crippen molar-refractivity contribution < 1.29 is 22.5 Å². The number of alkyl carbamates (subject to hydrolysis) is 1. The zero-order valence-electron chi connectivity index (χ0n) is 11.5. The third-order valence-corrected chi connectivity index (χ3v) is 6.99. The lowest BCUT2D eigenvalue weighted by Crippen LogP contribution is -3.14. The first kappa shape index (κ1) is 11.7. The summed E-state index contributed by atoms with van der Waals surface area (Å²) >= 11 is 0. The van der Waals surface area contributed by atoms with E-state index in [2.05, 4.69) is 5.32 Å². The molecule has 6 aliphatic rings. The normalized spacial score (nSPS) is 59.1. The standard InChI is InChI=1S/C13H16BF3NO2/c1-11(2,3)20-10(19)18-13-7-4-8(13)6-9(13)5(7)12(4,6)14(15,16)17/h4-9H,1-3H3,(H,18,19)/q-1. The highest BCUT2D eigenvalue weighted by atomic mass is 19.4. The first-order valence-electron chi connectivity index (χ1n) is 7.29. The number of carbonyl (C=O) groups excluding carboxylic acids is 1. The van der Waals surface area contributed by atoms with Crippen LogP contribution in [0.3, 0.4) is 0 Å². The summed E-state index contributed by atoms with van der Waals surface area (Å²) in [5.41, 5.74) is -0.884. The van der Waals surface area contributed by atoms with Gasteiger partial charge in [-0.1, -0.05) is 5.31 Å². The van der Waals surface area contributed by atoms with Crippen LogP contribution in [0.2, 0.25) is 5.31 Å². The van der Waals surface area contributed by atoms with Gasteiger partial charge in [0.25, 0.3) is 0 Å². The number of halogens is 3. The first-order valence-corrected chi connectivity index (χ1v) is 7.29. The van der Waals surface area contributed by atoms with Crippen LogP contribution in [0.25, 0.3) is 0 Å². The molecule has 0 bridgehead atoms. The summed E-state index contributed by atoms with van der Waals surface area (Å²) in [6.45, 7) is 0.638. The Kier molecular flexibility index (Phi) is 1.47. The van der Waals surface area contributed by atoms with Crippen LogP contribution in [0.4, 0.5) is 17.7 Å². The van der Waals surface area contributed by atoms with Crippen molar-refractivity contribution in [1.29, 1.82) is 0 Å². The van der Waals surface area contributed by atoms with E-state index in [1.54, 1.807) is 20.8 Å². The van der Waals surface area contributed by atoms with Gasteiger partial charge < -0.3 is 23.0 Å². The molecule has 0 atom stereocenters. The summed E-state index contributed by atoms with van der Waals surface area (Å²) in [5, 5.41) is 1.63. The average Bonchev–Trinajstić information content (AvgIpc) is 2.24. The molecule has 6 saturated carbocycles. The number of hydrogen-bond acceptors (Lipinski definition) is 2. The number of hydrogen-bond donors (Lipinski definition) is 1. The van der Waals surface area contributed by atoms with Crippen molar-refractivity contribution >= 4 is 13.1 Å². The molecule has 3 nitrogen and oxygen atoms in total. The third-order valence-electron chi connectivity index (χ3n) is 6.99. The minimum Gasteiger partial charge on any atom is -0.449 e. The smallest absolute Gasteiger partial charge is 0.449 e. The lowest BCUT2D eigenvalue weighted by Gasteiger charge is -3.13. The van der Waals surface area contributed by atoms with Gasteiger partial charge in [0.1, 0.15) is 5.60 Å². The van der Waals surface area contributed by atoms with Crippen molar-refractivity contribution in [3.8, 4) is 0 Å². The Morgan fingerprint density at radius 2 is 1.50 bits per heavy atom. The quantitative estimate of drug-likeness (QED) is 0.792. The van der Waals surface area contributed by atoms with Gasteiger partial charge in [0.05, 0.1) is 5.54 Å². The second-order valence-corrected chi connectivity index (χ2v) is 8.29. The van der Waals surface area contributed by atoms with Crippen LogP contribution in [0.1, 0.15) is 20.8 Å². The summed E-state index contributed by atoms with van der Waals surface area (Å²) in [4.78, 5) is 11.9. The van der Waals surface area contributed by atoms with Crippen LogP contribution in [-0.4, -0.2) is 24.2 Å². The molecule has 0 unspecified atom stereocenters. The number of ether oxygens (including phenoxy) is 1. The Morgan fingerprint density at radius 1 is 1.05 bits per heavy atom. The van der Waals surface area contributed by atoms with Gasteiger partial charge >= 0.3 is 13.1 Å². The maximum atomic E-state index is 13.2. The van der Waals surface area contributed by atoms with Gasteiger partial charge in [0.15, 0.2) is 0 Å². The van der Waals surface area contributed by atoms with Crippen molar-refractivity contribution in [2.45, 2.75) is 37.2 Å². The minimum atomic E-state index is -4.72. The minimum absolute atomic E-state index is 0.0820. The van der Waals surface area contributed by atoms with Crippen LogP contribution in [0, 0.1) is 35.5 Å². The Morgan fingerprint density at radius 3 is 1.85 bits per heavy atom. The highest BCUT2D eigenvalue weighted by Gasteiger charge is 3.11. The lowest BCUT2D eigenvalue weighted by atomic mass is 8.90. The summed E-state index contributed by atoms with van der Waals surface area (Å²) in [7, 11) is 0. The van der Waals surface area contributed by atoms with Gasteiger partial charge in [0, 0.05) is 0 Å². The topological polar surface area (TPSA) is 38.3 Å². The number of rotatable bonds is 2. The fourth-order valence-electron chi connectivity index (χ4n) is 7.00. The first-order chi connectivity index (χ1) is 9.08. The van der Waals surface area contributed by atoms with Gasteiger partial charge in [0.2, 0.25) is 0 Å². The van der Waals surface area contributed by atoms with E-state index >= 15 is 0 Å².